The predicted molar refractivity (Wildman–Crippen MR) is 109 cm³/mol. The van der Waals surface area contributed by atoms with Crippen LogP contribution in [0.1, 0.15) is 48.7 Å². The summed E-state index contributed by atoms with van der Waals surface area (Å²) in [7, 11) is 0. The van der Waals surface area contributed by atoms with Crippen LogP contribution >= 0.6 is 0 Å². The number of amides is 1. The van der Waals surface area contributed by atoms with Crippen LogP contribution < -0.4 is 0 Å². The summed E-state index contributed by atoms with van der Waals surface area (Å²) in [6.07, 6.45) is 4.08. The van der Waals surface area contributed by atoms with Crippen molar-refractivity contribution in [2.75, 3.05) is 13.1 Å². The molecule has 3 aromatic rings. The van der Waals surface area contributed by atoms with E-state index in [0.717, 1.165) is 16.6 Å². The van der Waals surface area contributed by atoms with Crippen molar-refractivity contribution < 1.29 is 14.7 Å². The van der Waals surface area contributed by atoms with Gasteiger partial charge < -0.3 is 10.0 Å². The Morgan fingerprint density at radius 1 is 1.10 bits per heavy atom. The van der Waals surface area contributed by atoms with Gasteiger partial charge in [-0.25, -0.2) is 9.67 Å². The van der Waals surface area contributed by atoms with Gasteiger partial charge in [-0.05, 0) is 38.3 Å². The van der Waals surface area contributed by atoms with Crippen molar-refractivity contribution in [2.45, 2.75) is 38.1 Å². The van der Waals surface area contributed by atoms with Gasteiger partial charge in [-0.1, -0.05) is 30.3 Å². The molecule has 1 aliphatic heterocycles. The first-order valence-corrected chi connectivity index (χ1v) is 9.84. The zero-order valence-electron chi connectivity index (χ0n) is 16.6. The molecule has 7 nitrogen and oxygen atoms in total. The van der Waals surface area contributed by atoms with Gasteiger partial charge >= 0.3 is 5.97 Å². The molecule has 0 bridgehead atoms. The van der Waals surface area contributed by atoms with Crippen molar-refractivity contribution in [3.05, 3.63) is 59.9 Å². The fourth-order valence-electron chi connectivity index (χ4n) is 4.09. The number of hydrogen-bond acceptors (Lipinski definition) is 4. The second-order valence-corrected chi connectivity index (χ2v) is 7.87. The van der Waals surface area contributed by atoms with E-state index >= 15 is 0 Å². The maximum absolute atomic E-state index is 13.0. The van der Waals surface area contributed by atoms with Gasteiger partial charge in [-0.15, -0.1) is 0 Å². The van der Waals surface area contributed by atoms with E-state index in [4.69, 9.17) is 0 Å². The third-order valence-electron chi connectivity index (χ3n) is 5.81. The molecule has 1 saturated heterocycles. The molecular weight excluding hydrogens is 368 g/mol. The lowest BCUT2D eigenvalue weighted by molar-refractivity contribution is -0.145. The van der Waals surface area contributed by atoms with Gasteiger partial charge in [0.1, 0.15) is 0 Å². The molecule has 0 spiro atoms. The zero-order valence-corrected chi connectivity index (χ0v) is 16.6. The van der Waals surface area contributed by atoms with E-state index in [0.29, 0.717) is 31.5 Å². The number of carbonyl (C=O) groups excluding carboxylic acids is 1. The molecule has 4 rings (SSSR count). The van der Waals surface area contributed by atoms with Gasteiger partial charge in [0.2, 0.25) is 0 Å². The molecule has 0 unspecified atom stereocenters. The van der Waals surface area contributed by atoms with E-state index in [1.165, 1.54) is 0 Å². The SMILES string of the molecule is CC(C)n1ncc2cc(C(=O)N3CCC(C(=O)O)(c4ccccc4)CC3)cnc21. The second kappa shape index (κ2) is 7.31. The Bertz CT molecular complexity index is 1050. The zero-order chi connectivity index (χ0) is 20.6. The van der Waals surface area contributed by atoms with Crippen molar-refractivity contribution in [1.82, 2.24) is 19.7 Å². The normalized spacial score (nSPS) is 16.3. The van der Waals surface area contributed by atoms with Crippen molar-refractivity contribution in [1.29, 1.82) is 0 Å². The van der Waals surface area contributed by atoms with Gasteiger partial charge in [0, 0.05) is 30.7 Å². The number of likely N-dealkylation sites (tertiary alicyclic amines) is 1. The number of nitrogens with zero attached hydrogens (tertiary/aromatic N) is 4. The lowest BCUT2D eigenvalue weighted by Crippen LogP contribution is -2.49. The molecule has 150 valence electrons. The van der Waals surface area contributed by atoms with Crippen LogP contribution in [0.5, 0.6) is 0 Å². The minimum Gasteiger partial charge on any atom is -0.481 e. The largest absolute Gasteiger partial charge is 0.481 e. The number of carboxylic acids is 1. The summed E-state index contributed by atoms with van der Waals surface area (Å²) in [6, 6.07) is 11.3. The van der Waals surface area contributed by atoms with E-state index in [-0.39, 0.29) is 11.9 Å². The van der Waals surface area contributed by atoms with Crippen molar-refractivity contribution in [2.24, 2.45) is 0 Å². The van der Waals surface area contributed by atoms with Crippen LogP contribution in [0.3, 0.4) is 0 Å². The Hall–Kier alpha value is -3.22. The maximum Gasteiger partial charge on any atom is 0.314 e. The summed E-state index contributed by atoms with van der Waals surface area (Å²) in [4.78, 5) is 31.3. The fourth-order valence-corrected chi connectivity index (χ4v) is 4.09. The van der Waals surface area contributed by atoms with Crippen LogP contribution in [0.25, 0.3) is 11.0 Å². The fraction of sp³-hybridized carbons (Fsp3) is 0.364. The van der Waals surface area contributed by atoms with Crippen molar-refractivity contribution in [3.63, 3.8) is 0 Å². The molecule has 0 radical (unpaired) electrons. The van der Waals surface area contributed by atoms with Crippen LogP contribution in [-0.2, 0) is 10.2 Å². The number of fused-ring (bicyclic) bond motifs is 1. The van der Waals surface area contributed by atoms with Gasteiger partial charge in [0.05, 0.1) is 17.2 Å². The first-order chi connectivity index (χ1) is 13.9. The molecule has 1 fully saturated rings. The van der Waals surface area contributed by atoms with Crippen molar-refractivity contribution in [3.8, 4) is 0 Å². The highest BCUT2D eigenvalue weighted by Gasteiger charge is 2.43. The van der Waals surface area contributed by atoms with Gasteiger partial charge in [0.25, 0.3) is 5.91 Å². The Labute approximate surface area is 169 Å². The number of piperidine rings is 1. The molecule has 0 saturated carbocycles. The van der Waals surface area contributed by atoms with Crippen LogP contribution in [0.2, 0.25) is 0 Å². The number of pyridine rings is 1. The molecule has 1 aliphatic rings. The first-order valence-electron chi connectivity index (χ1n) is 9.84. The molecule has 0 atom stereocenters. The summed E-state index contributed by atoms with van der Waals surface area (Å²) in [5, 5.41) is 15.1. The average molecular weight is 392 g/mol. The average Bonchev–Trinajstić information content (AvgIpc) is 3.17. The molecule has 3 heterocycles. The maximum atomic E-state index is 13.0. The molecule has 29 heavy (non-hydrogen) atoms. The van der Waals surface area contributed by atoms with E-state index < -0.39 is 11.4 Å². The standard InChI is InChI=1S/C22H24N4O3/c1-15(2)26-19-16(14-24-26)12-17(13-23-19)20(27)25-10-8-22(9-11-25,21(28)29)18-6-4-3-5-7-18/h3-7,12-15H,8-11H2,1-2H3,(H,28,29). The number of carbonyl (C=O) groups is 2. The van der Waals surface area contributed by atoms with Crippen LogP contribution in [0, 0.1) is 0 Å². The minimum atomic E-state index is -0.946. The molecular formula is C22H24N4O3. The van der Waals surface area contributed by atoms with Gasteiger partial charge in [-0.3, -0.25) is 9.59 Å². The lowest BCUT2D eigenvalue weighted by atomic mass is 9.73. The third kappa shape index (κ3) is 3.26. The van der Waals surface area contributed by atoms with E-state index in [9.17, 15) is 14.7 Å². The topological polar surface area (TPSA) is 88.3 Å². The van der Waals surface area contributed by atoms with Crippen molar-refractivity contribution >= 4 is 22.9 Å². The number of rotatable bonds is 4. The van der Waals surface area contributed by atoms with Gasteiger partial charge in [-0.2, -0.15) is 5.10 Å². The monoisotopic (exact) mass is 392 g/mol. The quantitative estimate of drug-likeness (QED) is 0.736. The Balaban J connectivity index is 1.54. The Kier molecular flexibility index (Phi) is 4.82. The molecule has 2 aromatic heterocycles. The minimum absolute atomic E-state index is 0.122. The number of benzene rings is 1. The summed E-state index contributed by atoms with van der Waals surface area (Å²) in [5.41, 5.74) is 1.11. The Morgan fingerprint density at radius 3 is 2.41 bits per heavy atom. The summed E-state index contributed by atoms with van der Waals surface area (Å²) >= 11 is 0. The van der Waals surface area contributed by atoms with E-state index in [1.54, 1.807) is 17.3 Å². The number of aliphatic carboxylic acids is 1. The van der Waals surface area contributed by atoms with Crippen LogP contribution in [-0.4, -0.2) is 49.7 Å². The second-order valence-electron chi connectivity index (χ2n) is 7.87. The third-order valence-corrected chi connectivity index (χ3v) is 5.81. The smallest absolute Gasteiger partial charge is 0.314 e. The van der Waals surface area contributed by atoms with Gasteiger partial charge in [0.15, 0.2) is 5.65 Å². The number of carboxylic acid groups (broad SMARTS) is 1. The molecule has 1 aromatic carbocycles. The Morgan fingerprint density at radius 2 is 1.79 bits per heavy atom. The summed E-state index contributed by atoms with van der Waals surface area (Å²) < 4.78 is 1.82. The summed E-state index contributed by atoms with van der Waals surface area (Å²) in [5.74, 6) is -0.955. The highest BCUT2D eigenvalue weighted by molar-refractivity contribution is 5.97. The summed E-state index contributed by atoms with van der Waals surface area (Å²) in [6.45, 7) is 4.84. The molecule has 7 heteroatoms. The highest BCUT2D eigenvalue weighted by atomic mass is 16.4. The number of hydrogen-bond donors (Lipinski definition) is 1. The first kappa shape index (κ1) is 19.1. The highest BCUT2D eigenvalue weighted by Crippen LogP contribution is 2.36. The van der Waals surface area contributed by atoms with Crippen LogP contribution in [0.4, 0.5) is 0 Å². The van der Waals surface area contributed by atoms with E-state index in [2.05, 4.69) is 10.1 Å². The van der Waals surface area contributed by atoms with E-state index in [1.807, 2.05) is 54.9 Å². The molecule has 1 N–H and O–H groups in total. The molecule has 0 aliphatic carbocycles. The number of aromatic nitrogens is 3. The molecule has 1 amide bonds. The van der Waals surface area contributed by atoms with Crippen LogP contribution in [0.15, 0.2) is 48.8 Å². The lowest BCUT2D eigenvalue weighted by Gasteiger charge is -2.39. The predicted octanol–water partition coefficient (Wildman–Crippen LogP) is 3.27.